The molecule has 2 aromatic carbocycles. The lowest BCUT2D eigenvalue weighted by Gasteiger charge is -2.32. The number of benzene rings is 2. The van der Waals surface area contributed by atoms with Crippen LogP contribution >= 0.6 is 0 Å². The Bertz CT molecular complexity index is 850. The van der Waals surface area contributed by atoms with Crippen molar-refractivity contribution in [2.45, 2.75) is 33.2 Å². The average molecular weight is 368 g/mol. The molecule has 142 valence electrons. The lowest BCUT2D eigenvalue weighted by molar-refractivity contribution is -0.126. The number of amides is 2. The summed E-state index contributed by atoms with van der Waals surface area (Å²) in [6.07, 6.45) is 1.47. The highest BCUT2D eigenvalue weighted by Gasteiger charge is 2.29. The Morgan fingerprint density at radius 3 is 2.74 bits per heavy atom. The molecule has 0 aliphatic carbocycles. The van der Waals surface area contributed by atoms with Crippen molar-refractivity contribution in [2.24, 2.45) is 5.92 Å². The second-order valence-corrected chi connectivity index (χ2v) is 7.22. The van der Waals surface area contributed by atoms with E-state index in [1.807, 2.05) is 26.0 Å². The highest BCUT2D eigenvalue weighted by atomic mass is 19.1. The second kappa shape index (κ2) is 8.33. The molecule has 2 aromatic rings. The van der Waals surface area contributed by atoms with E-state index in [1.54, 1.807) is 17.0 Å². The van der Waals surface area contributed by atoms with Gasteiger partial charge in [0.15, 0.2) is 0 Å². The fraction of sp³-hybridized carbons (Fsp3) is 0.364. The first kappa shape index (κ1) is 19.1. The molecule has 1 unspecified atom stereocenters. The van der Waals surface area contributed by atoms with Gasteiger partial charge in [-0.1, -0.05) is 35.9 Å². The average Bonchev–Trinajstić information content (AvgIpc) is 2.68. The van der Waals surface area contributed by atoms with Crippen LogP contribution in [0, 0.1) is 25.6 Å². The molecular formula is C22H25FN2O2. The monoisotopic (exact) mass is 368 g/mol. The summed E-state index contributed by atoms with van der Waals surface area (Å²) in [7, 11) is 0. The van der Waals surface area contributed by atoms with Crippen LogP contribution in [-0.2, 0) is 11.3 Å². The van der Waals surface area contributed by atoms with Crippen molar-refractivity contribution in [3.8, 4) is 0 Å². The summed E-state index contributed by atoms with van der Waals surface area (Å²) < 4.78 is 13.9. The number of carbonyl (C=O) groups is 2. The van der Waals surface area contributed by atoms with Crippen LogP contribution in [0.4, 0.5) is 4.39 Å². The van der Waals surface area contributed by atoms with Gasteiger partial charge in [-0.25, -0.2) is 4.39 Å². The van der Waals surface area contributed by atoms with E-state index in [0.717, 1.165) is 29.5 Å². The number of likely N-dealkylation sites (tertiary alicyclic amines) is 1. The summed E-state index contributed by atoms with van der Waals surface area (Å²) in [5.74, 6) is -1.19. The van der Waals surface area contributed by atoms with E-state index in [2.05, 4.69) is 11.4 Å². The van der Waals surface area contributed by atoms with Crippen LogP contribution in [0.25, 0.3) is 0 Å². The number of halogens is 1. The minimum Gasteiger partial charge on any atom is -0.352 e. The van der Waals surface area contributed by atoms with Crippen LogP contribution in [0.5, 0.6) is 0 Å². The van der Waals surface area contributed by atoms with E-state index in [1.165, 1.54) is 12.1 Å². The number of hydrogen-bond acceptors (Lipinski definition) is 2. The minimum atomic E-state index is -0.524. The number of hydrogen-bond donors (Lipinski definition) is 1. The zero-order valence-electron chi connectivity index (χ0n) is 15.8. The van der Waals surface area contributed by atoms with E-state index in [9.17, 15) is 14.0 Å². The van der Waals surface area contributed by atoms with Crippen LogP contribution < -0.4 is 5.32 Å². The van der Waals surface area contributed by atoms with Crippen molar-refractivity contribution >= 4 is 11.8 Å². The fourth-order valence-corrected chi connectivity index (χ4v) is 3.50. The molecule has 1 saturated heterocycles. The van der Waals surface area contributed by atoms with E-state index in [-0.39, 0.29) is 23.3 Å². The van der Waals surface area contributed by atoms with Crippen LogP contribution in [0.3, 0.4) is 0 Å². The minimum absolute atomic E-state index is 0.0538. The zero-order valence-corrected chi connectivity index (χ0v) is 15.8. The Labute approximate surface area is 159 Å². The molecule has 0 bridgehead atoms. The molecule has 1 N–H and O–H groups in total. The van der Waals surface area contributed by atoms with Gasteiger partial charge in [0.1, 0.15) is 5.82 Å². The Morgan fingerprint density at radius 2 is 1.96 bits per heavy atom. The van der Waals surface area contributed by atoms with Crippen LogP contribution in [0.15, 0.2) is 42.5 Å². The van der Waals surface area contributed by atoms with E-state index in [0.29, 0.717) is 19.6 Å². The fourth-order valence-electron chi connectivity index (χ4n) is 3.50. The molecule has 1 atom stereocenters. The number of aryl methyl sites for hydroxylation is 2. The molecule has 3 rings (SSSR count). The van der Waals surface area contributed by atoms with Gasteiger partial charge in [0.25, 0.3) is 5.91 Å². The second-order valence-electron chi connectivity index (χ2n) is 7.22. The summed E-state index contributed by atoms with van der Waals surface area (Å²) in [4.78, 5) is 26.8. The molecule has 5 heteroatoms. The normalized spacial score (nSPS) is 16.9. The number of nitrogens with one attached hydrogen (secondary N) is 1. The van der Waals surface area contributed by atoms with Gasteiger partial charge in [-0.15, -0.1) is 0 Å². The van der Waals surface area contributed by atoms with Crippen LogP contribution in [0.2, 0.25) is 0 Å². The van der Waals surface area contributed by atoms with Crippen molar-refractivity contribution in [3.63, 3.8) is 0 Å². The molecule has 4 nitrogen and oxygen atoms in total. The number of rotatable bonds is 4. The van der Waals surface area contributed by atoms with Gasteiger partial charge in [-0.2, -0.15) is 0 Å². The topological polar surface area (TPSA) is 49.4 Å². The summed E-state index contributed by atoms with van der Waals surface area (Å²) in [6, 6.07) is 12.2. The van der Waals surface area contributed by atoms with Crippen LogP contribution in [0.1, 0.15) is 39.9 Å². The predicted octanol–water partition coefficient (Wildman–Crippen LogP) is 3.61. The molecule has 0 saturated carbocycles. The third-order valence-electron chi connectivity index (χ3n) is 5.14. The van der Waals surface area contributed by atoms with Gasteiger partial charge in [0.05, 0.1) is 11.5 Å². The van der Waals surface area contributed by atoms with E-state index < -0.39 is 5.82 Å². The largest absolute Gasteiger partial charge is 0.352 e. The van der Waals surface area contributed by atoms with E-state index >= 15 is 0 Å². The number of carbonyl (C=O) groups excluding carboxylic acids is 2. The Kier molecular flexibility index (Phi) is 5.89. The van der Waals surface area contributed by atoms with Gasteiger partial charge >= 0.3 is 0 Å². The lowest BCUT2D eigenvalue weighted by atomic mass is 9.96. The molecule has 1 heterocycles. The number of piperidine rings is 1. The predicted molar refractivity (Wildman–Crippen MR) is 103 cm³/mol. The molecule has 2 amide bonds. The summed E-state index contributed by atoms with van der Waals surface area (Å²) in [5.41, 5.74) is 3.46. The summed E-state index contributed by atoms with van der Waals surface area (Å²) in [6.45, 7) is 5.40. The standard InChI is InChI=1S/C22H25FN2O2/c1-15-9-10-16(2)18(12-15)13-24-21(26)17-6-5-11-25(14-17)22(27)19-7-3-4-8-20(19)23/h3-4,7-10,12,17H,5-6,11,13-14H2,1-2H3,(H,24,26). The molecule has 1 aliphatic rings. The molecule has 1 aliphatic heterocycles. The molecule has 1 fully saturated rings. The van der Waals surface area contributed by atoms with Gasteiger partial charge < -0.3 is 10.2 Å². The maximum absolute atomic E-state index is 13.9. The van der Waals surface area contributed by atoms with E-state index in [4.69, 9.17) is 0 Å². The first-order valence-corrected chi connectivity index (χ1v) is 9.33. The lowest BCUT2D eigenvalue weighted by Crippen LogP contribution is -2.45. The number of nitrogens with zero attached hydrogens (tertiary/aromatic N) is 1. The van der Waals surface area contributed by atoms with Gasteiger partial charge in [0, 0.05) is 19.6 Å². The molecule has 0 spiro atoms. The van der Waals surface area contributed by atoms with Crippen LogP contribution in [-0.4, -0.2) is 29.8 Å². The SMILES string of the molecule is Cc1ccc(C)c(CNC(=O)C2CCCN(C(=O)c3ccccc3F)C2)c1. The summed E-state index contributed by atoms with van der Waals surface area (Å²) in [5, 5.41) is 3.00. The highest BCUT2D eigenvalue weighted by Crippen LogP contribution is 2.20. The maximum atomic E-state index is 13.9. The molecule has 0 radical (unpaired) electrons. The van der Waals surface area contributed by atoms with Gasteiger partial charge in [-0.3, -0.25) is 9.59 Å². The zero-order chi connectivity index (χ0) is 19.4. The Hall–Kier alpha value is -2.69. The first-order chi connectivity index (χ1) is 13.0. The Balaban J connectivity index is 1.62. The van der Waals surface area contributed by atoms with Gasteiger partial charge in [0.2, 0.25) is 5.91 Å². The third-order valence-corrected chi connectivity index (χ3v) is 5.14. The maximum Gasteiger partial charge on any atom is 0.256 e. The van der Waals surface area contributed by atoms with Crippen molar-refractivity contribution in [1.29, 1.82) is 0 Å². The van der Waals surface area contributed by atoms with Gasteiger partial charge in [-0.05, 0) is 49.9 Å². The summed E-state index contributed by atoms with van der Waals surface area (Å²) >= 11 is 0. The van der Waals surface area contributed by atoms with Crippen molar-refractivity contribution in [3.05, 3.63) is 70.5 Å². The molecule has 0 aromatic heterocycles. The van der Waals surface area contributed by atoms with Crippen molar-refractivity contribution in [1.82, 2.24) is 10.2 Å². The first-order valence-electron chi connectivity index (χ1n) is 9.33. The van der Waals surface area contributed by atoms with Crippen molar-refractivity contribution in [2.75, 3.05) is 13.1 Å². The highest BCUT2D eigenvalue weighted by molar-refractivity contribution is 5.95. The smallest absolute Gasteiger partial charge is 0.256 e. The molecule has 27 heavy (non-hydrogen) atoms. The quantitative estimate of drug-likeness (QED) is 0.896. The third kappa shape index (κ3) is 4.54. The molecular weight excluding hydrogens is 343 g/mol. The van der Waals surface area contributed by atoms with Crippen molar-refractivity contribution < 1.29 is 14.0 Å². The Morgan fingerprint density at radius 1 is 1.19 bits per heavy atom.